The van der Waals surface area contributed by atoms with E-state index >= 15 is 0 Å². The number of carboxylic acid groups (broad SMARTS) is 4. The lowest BCUT2D eigenvalue weighted by Crippen LogP contribution is -2.44. The molecule has 0 rings (SSSR count). The standard InChI is InChI=1S/C49H80O26S6/c1-9-69-73-42(76-6)20-48(21-43(77-7)74-70-10-2,29-66-37(54)14-17-81-26-41(58)72-40(57)23-65-47(63)32(4)5)27-64-28-49(22-44(78-8)75-71-11-3,30-67-38(55)12-15-79-24-33(45(59)60)18-35(50)51)31-68-39(56)13-16-80-25-34(46(61)62)19-36(52)53/h33-34,40,42-44,57H,4,9-31H2,1-3,5-8H3,(H,50,51)(H,52,53)(H,59,60)(H,61,62). The fourth-order valence-electron chi connectivity index (χ4n) is 6.45. The molecular weight excluding hydrogens is 1200 g/mol. The summed E-state index contributed by atoms with van der Waals surface area (Å²) in [6.45, 7) is 8.04. The van der Waals surface area contributed by atoms with Crippen molar-refractivity contribution in [2.24, 2.45) is 22.7 Å². The van der Waals surface area contributed by atoms with E-state index in [-0.39, 0.29) is 118 Å². The largest absolute Gasteiger partial charge is 0.481 e. The molecule has 26 nitrogen and oxygen atoms in total. The molecule has 0 bridgehead atoms. The number of carbonyl (C=O) groups excluding carboxylic acids is 5. The maximum absolute atomic E-state index is 13.5. The normalized spacial score (nSPS) is 15.1. The average molecular weight is 1280 g/mol. The molecule has 0 saturated heterocycles. The Balaban J connectivity index is 7.11. The van der Waals surface area contributed by atoms with Crippen LogP contribution >= 0.6 is 70.6 Å². The van der Waals surface area contributed by atoms with Crippen LogP contribution in [0.5, 0.6) is 0 Å². The first-order valence-electron chi connectivity index (χ1n) is 25.2. The number of carboxylic acids is 4. The van der Waals surface area contributed by atoms with Gasteiger partial charge >= 0.3 is 53.7 Å². The van der Waals surface area contributed by atoms with E-state index in [1.807, 2.05) is 0 Å². The summed E-state index contributed by atoms with van der Waals surface area (Å²) in [5.74, 6) is -11.7. The monoisotopic (exact) mass is 1280 g/mol. The Hall–Kier alpha value is -3.25. The zero-order chi connectivity index (χ0) is 61.2. The summed E-state index contributed by atoms with van der Waals surface area (Å²) in [7, 11) is 0. The van der Waals surface area contributed by atoms with Crippen molar-refractivity contribution in [1.29, 1.82) is 0 Å². The van der Waals surface area contributed by atoms with Gasteiger partial charge < -0.3 is 54.0 Å². The van der Waals surface area contributed by atoms with Crippen LogP contribution in [0.1, 0.15) is 79.1 Å². The van der Waals surface area contributed by atoms with Gasteiger partial charge in [-0.3, -0.25) is 38.4 Å². The smallest absolute Gasteiger partial charge is 0.333 e. The van der Waals surface area contributed by atoms with E-state index in [1.165, 1.54) is 42.2 Å². The molecule has 5 N–H and O–H groups in total. The van der Waals surface area contributed by atoms with Crippen molar-refractivity contribution in [2.45, 2.75) is 102 Å². The number of aliphatic carboxylic acids is 4. The summed E-state index contributed by atoms with van der Waals surface area (Å²) >= 11 is 6.87. The van der Waals surface area contributed by atoms with E-state index in [0.717, 1.165) is 35.3 Å². The van der Waals surface area contributed by atoms with Gasteiger partial charge in [-0.1, -0.05) is 6.58 Å². The Kier molecular flexibility index (Phi) is 44.2. The number of ether oxygens (including phenoxy) is 6. The molecule has 6 unspecified atom stereocenters. The van der Waals surface area contributed by atoms with Crippen molar-refractivity contribution >= 4 is 124 Å². The predicted octanol–water partition coefficient (Wildman–Crippen LogP) is 5.45. The van der Waals surface area contributed by atoms with Crippen molar-refractivity contribution < 1.29 is 126 Å². The first-order valence-corrected chi connectivity index (χ1v) is 32.6. The van der Waals surface area contributed by atoms with E-state index in [1.54, 1.807) is 39.5 Å². The number of thioether (sulfide) groups is 6. The Labute approximate surface area is 497 Å². The van der Waals surface area contributed by atoms with E-state index in [9.17, 15) is 58.5 Å². The number of carbonyl (C=O) groups is 9. The molecule has 0 spiro atoms. The predicted molar refractivity (Wildman–Crippen MR) is 303 cm³/mol. The van der Waals surface area contributed by atoms with Crippen LogP contribution < -0.4 is 0 Å². The summed E-state index contributed by atoms with van der Waals surface area (Å²) in [5, 5.41) is 47.2. The van der Waals surface area contributed by atoms with Gasteiger partial charge in [-0.15, -0.1) is 47.0 Å². The molecule has 0 radical (unpaired) electrons. The van der Waals surface area contributed by atoms with Gasteiger partial charge in [0, 0.05) is 46.2 Å². The highest BCUT2D eigenvalue weighted by Gasteiger charge is 2.43. The van der Waals surface area contributed by atoms with Crippen LogP contribution in [0, 0.1) is 22.7 Å². The van der Waals surface area contributed by atoms with E-state index in [2.05, 4.69) is 6.58 Å². The van der Waals surface area contributed by atoms with Crippen molar-refractivity contribution in [2.75, 3.05) is 113 Å². The molecule has 0 heterocycles. The van der Waals surface area contributed by atoms with Crippen LogP contribution in [-0.4, -0.2) is 215 Å². The van der Waals surface area contributed by atoms with Crippen molar-refractivity contribution in [1.82, 2.24) is 0 Å². The fraction of sp³-hybridized carbons (Fsp3) is 0.776. The van der Waals surface area contributed by atoms with Gasteiger partial charge in [0.25, 0.3) is 0 Å². The molecule has 0 fully saturated rings. The third-order valence-electron chi connectivity index (χ3n) is 10.6. The molecule has 32 heteroatoms. The van der Waals surface area contributed by atoms with Crippen molar-refractivity contribution in [3.05, 3.63) is 12.2 Å². The Bertz CT molecular complexity index is 1820. The van der Waals surface area contributed by atoms with Crippen LogP contribution in [0.15, 0.2) is 12.2 Å². The third kappa shape index (κ3) is 38.3. The highest BCUT2D eigenvalue weighted by molar-refractivity contribution is 8.00. The molecule has 0 aromatic carbocycles. The summed E-state index contributed by atoms with van der Waals surface area (Å²) in [6, 6.07) is 0. The first kappa shape index (κ1) is 77.8. The van der Waals surface area contributed by atoms with Gasteiger partial charge in [0.05, 0.1) is 94.7 Å². The maximum Gasteiger partial charge on any atom is 0.333 e. The van der Waals surface area contributed by atoms with Gasteiger partial charge in [0.1, 0.15) is 29.5 Å². The number of esters is 5. The van der Waals surface area contributed by atoms with Crippen LogP contribution in [0.2, 0.25) is 0 Å². The van der Waals surface area contributed by atoms with Gasteiger partial charge in [-0.2, -0.15) is 23.5 Å². The lowest BCUT2D eigenvalue weighted by Gasteiger charge is -2.39. The van der Waals surface area contributed by atoms with Crippen molar-refractivity contribution in [3.8, 4) is 0 Å². The quantitative estimate of drug-likeness (QED) is 0.00961. The Morgan fingerprint density at radius 2 is 0.889 bits per heavy atom. The average Bonchev–Trinajstić information content (AvgIpc) is 3.47. The molecule has 0 aromatic rings. The minimum atomic E-state index is -1.73. The molecule has 0 aliphatic rings. The summed E-state index contributed by atoms with van der Waals surface area (Å²) in [4.78, 5) is 143. The lowest BCUT2D eigenvalue weighted by atomic mass is 9.82. The molecule has 0 aliphatic heterocycles. The van der Waals surface area contributed by atoms with Gasteiger partial charge in [-0.25, -0.2) is 34.1 Å². The third-order valence-corrected chi connectivity index (χ3v) is 16.1. The van der Waals surface area contributed by atoms with Crippen LogP contribution in [0.3, 0.4) is 0 Å². The van der Waals surface area contributed by atoms with Gasteiger partial charge in [-0.05, 0) is 59.3 Å². The van der Waals surface area contributed by atoms with E-state index in [4.69, 9.17) is 68.0 Å². The highest BCUT2D eigenvalue weighted by Crippen LogP contribution is 2.40. The molecular formula is C49H80O26S6. The highest BCUT2D eigenvalue weighted by atomic mass is 32.2. The van der Waals surface area contributed by atoms with Gasteiger partial charge in [0.2, 0.25) is 6.29 Å². The number of aliphatic hydroxyl groups is 1. The minimum Gasteiger partial charge on any atom is -0.481 e. The summed E-state index contributed by atoms with van der Waals surface area (Å²) in [5.41, 5.74) is -4.77. The summed E-state index contributed by atoms with van der Waals surface area (Å²) < 4.78 is 33.9. The van der Waals surface area contributed by atoms with Crippen LogP contribution in [0.4, 0.5) is 0 Å². The minimum absolute atomic E-state index is 0.0560. The number of hydrogen-bond acceptors (Lipinski definition) is 28. The topological polar surface area (TPSA) is 366 Å². The van der Waals surface area contributed by atoms with Crippen LogP contribution in [-0.2, 0) is 101 Å². The molecule has 6 atom stereocenters. The van der Waals surface area contributed by atoms with E-state index in [0.29, 0.717) is 0 Å². The SMILES string of the molecule is C=C(C)C(=O)OCC(O)OC(=O)CSCCC(=O)OCC(COCC(COC(=O)CCSCC(CC(=O)O)C(=O)O)(COC(=O)CCSCC(CC(=O)O)C(=O)O)CC(OOCC)SC)(CC(OOCC)SC)CC(OOCC)SC. The van der Waals surface area contributed by atoms with E-state index < -0.39 is 132 Å². The van der Waals surface area contributed by atoms with Gasteiger partial charge in [0.15, 0.2) is 6.61 Å². The second kappa shape index (κ2) is 46.1. The molecule has 0 saturated carbocycles. The maximum atomic E-state index is 13.5. The van der Waals surface area contributed by atoms with Crippen molar-refractivity contribution in [3.63, 3.8) is 0 Å². The molecule has 81 heavy (non-hydrogen) atoms. The zero-order valence-electron chi connectivity index (χ0n) is 46.7. The molecule has 0 aliphatic carbocycles. The molecule has 0 amide bonds. The lowest BCUT2D eigenvalue weighted by molar-refractivity contribution is -0.314. The molecule has 468 valence electrons. The van der Waals surface area contributed by atoms with Crippen LogP contribution in [0.25, 0.3) is 0 Å². The number of hydrogen-bond donors (Lipinski definition) is 5. The second-order valence-electron chi connectivity index (χ2n) is 17.6. The first-order chi connectivity index (χ1) is 38.4. The summed E-state index contributed by atoms with van der Waals surface area (Å²) in [6.07, 6.45) is 1.76. The molecule has 0 aromatic heterocycles. The Morgan fingerprint density at radius 3 is 1.25 bits per heavy atom. The Morgan fingerprint density at radius 1 is 0.519 bits per heavy atom. The second-order valence-corrected chi connectivity index (χ2v) is 24.0. The fourth-order valence-corrected chi connectivity index (χ4v) is 11.1. The zero-order valence-corrected chi connectivity index (χ0v) is 51.6. The number of aliphatic hydroxyl groups excluding tert-OH is 1. The number of rotatable bonds is 53.